The maximum atomic E-state index is 12.9. The molecule has 2 N–H and O–H groups in total. The molecular formula is C22H22N2O4. The first-order valence-corrected chi connectivity index (χ1v) is 9.35. The zero-order valence-corrected chi connectivity index (χ0v) is 15.8. The molecule has 1 atom stereocenters. The number of ether oxygens (including phenoxy) is 2. The van der Waals surface area contributed by atoms with Crippen LogP contribution in [-0.4, -0.2) is 24.1 Å². The third-order valence-corrected chi connectivity index (χ3v) is 4.88. The van der Waals surface area contributed by atoms with Crippen molar-refractivity contribution in [2.24, 2.45) is 5.92 Å². The molecule has 0 aliphatic carbocycles. The molecule has 0 bridgehead atoms. The SMILES string of the molecule is CC(C)C(NC(=O)c1cc2ccccc2c(=O)[nH]1)c1ccc2c(c1)OCCO2. The molecule has 1 unspecified atom stereocenters. The average molecular weight is 378 g/mol. The van der Waals surface area contributed by atoms with Gasteiger partial charge in [0.25, 0.3) is 11.5 Å². The molecule has 0 fully saturated rings. The van der Waals surface area contributed by atoms with Gasteiger partial charge >= 0.3 is 0 Å². The fraction of sp³-hybridized carbons (Fsp3) is 0.273. The van der Waals surface area contributed by atoms with E-state index in [1.165, 1.54) is 0 Å². The van der Waals surface area contributed by atoms with E-state index in [1.807, 2.05) is 44.2 Å². The van der Waals surface area contributed by atoms with Crippen LogP contribution in [0.2, 0.25) is 0 Å². The van der Waals surface area contributed by atoms with Gasteiger partial charge in [0.15, 0.2) is 11.5 Å². The highest BCUT2D eigenvalue weighted by molar-refractivity contribution is 5.96. The molecule has 0 saturated carbocycles. The highest BCUT2D eigenvalue weighted by atomic mass is 16.6. The highest BCUT2D eigenvalue weighted by Crippen LogP contribution is 2.34. The number of hydrogen-bond donors (Lipinski definition) is 2. The van der Waals surface area contributed by atoms with E-state index in [4.69, 9.17) is 9.47 Å². The van der Waals surface area contributed by atoms with Crippen molar-refractivity contribution in [1.82, 2.24) is 10.3 Å². The second kappa shape index (κ2) is 7.38. The fourth-order valence-corrected chi connectivity index (χ4v) is 3.44. The number of fused-ring (bicyclic) bond motifs is 2. The molecule has 6 nitrogen and oxygen atoms in total. The summed E-state index contributed by atoms with van der Waals surface area (Å²) in [5.41, 5.74) is 0.895. The Balaban J connectivity index is 1.63. The second-order valence-corrected chi connectivity index (χ2v) is 7.20. The summed E-state index contributed by atoms with van der Waals surface area (Å²) in [6.07, 6.45) is 0. The summed E-state index contributed by atoms with van der Waals surface area (Å²) >= 11 is 0. The molecule has 1 aromatic heterocycles. The lowest BCUT2D eigenvalue weighted by molar-refractivity contribution is 0.0920. The quantitative estimate of drug-likeness (QED) is 0.729. The third kappa shape index (κ3) is 3.45. The lowest BCUT2D eigenvalue weighted by Crippen LogP contribution is -2.33. The summed E-state index contributed by atoms with van der Waals surface area (Å²) in [6, 6.07) is 14.4. The van der Waals surface area contributed by atoms with Crippen LogP contribution in [0.5, 0.6) is 11.5 Å². The number of H-pyrrole nitrogens is 1. The number of amides is 1. The van der Waals surface area contributed by atoms with Crippen molar-refractivity contribution in [3.05, 3.63) is 70.1 Å². The van der Waals surface area contributed by atoms with Gasteiger partial charge in [0.2, 0.25) is 0 Å². The van der Waals surface area contributed by atoms with Gasteiger partial charge in [-0.3, -0.25) is 9.59 Å². The Kier molecular flexibility index (Phi) is 4.77. The van der Waals surface area contributed by atoms with Crippen molar-refractivity contribution in [1.29, 1.82) is 0 Å². The molecule has 1 aliphatic heterocycles. The number of carbonyl (C=O) groups is 1. The number of aromatic amines is 1. The predicted octanol–water partition coefficient (Wildman–Crippen LogP) is 3.43. The second-order valence-electron chi connectivity index (χ2n) is 7.20. The molecule has 4 rings (SSSR count). The molecule has 0 spiro atoms. The first kappa shape index (κ1) is 18.1. The van der Waals surface area contributed by atoms with E-state index in [-0.39, 0.29) is 29.1 Å². The highest BCUT2D eigenvalue weighted by Gasteiger charge is 2.22. The van der Waals surface area contributed by atoms with E-state index in [9.17, 15) is 9.59 Å². The van der Waals surface area contributed by atoms with Crippen molar-refractivity contribution in [3.63, 3.8) is 0 Å². The number of nitrogens with one attached hydrogen (secondary N) is 2. The minimum absolute atomic E-state index is 0.138. The number of carbonyl (C=O) groups excluding carboxylic acids is 1. The summed E-state index contributed by atoms with van der Waals surface area (Å²) in [4.78, 5) is 27.9. The Hall–Kier alpha value is -3.28. The number of benzene rings is 2. The first-order chi connectivity index (χ1) is 13.5. The van der Waals surface area contributed by atoms with Crippen molar-refractivity contribution in [2.45, 2.75) is 19.9 Å². The first-order valence-electron chi connectivity index (χ1n) is 9.35. The molecule has 28 heavy (non-hydrogen) atoms. The van der Waals surface area contributed by atoms with Gasteiger partial charge in [0, 0.05) is 5.39 Å². The molecule has 0 saturated heterocycles. The van der Waals surface area contributed by atoms with Gasteiger partial charge in [-0.15, -0.1) is 0 Å². The molecule has 2 heterocycles. The van der Waals surface area contributed by atoms with Crippen molar-refractivity contribution in [2.75, 3.05) is 13.2 Å². The average Bonchev–Trinajstić information content (AvgIpc) is 2.71. The minimum Gasteiger partial charge on any atom is -0.486 e. The van der Waals surface area contributed by atoms with Gasteiger partial charge in [-0.25, -0.2) is 0 Å². The number of aromatic nitrogens is 1. The number of hydrogen-bond acceptors (Lipinski definition) is 4. The molecule has 6 heteroatoms. The summed E-state index contributed by atoms with van der Waals surface area (Å²) < 4.78 is 11.2. The largest absolute Gasteiger partial charge is 0.486 e. The van der Waals surface area contributed by atoms with Crippen molar-refractivity contribution < 1.29 is 14.3 Å². The van der Waals surface area contributed by atoms with E-state index in [2.05, 4.69) is 10.3 Å². The fourth-order valence-electron chi connectivity index (χ4n) is 3.44. The summed E-state index contributed by atoms with van der Waals surface area (Å²) in [5.74, 6) is 1.21. The molecule has 0 radical (unpaired) electrons. The standard InChI is InChI=1S/C22H22N2O4/c1-13(2)20(15-7-8-18-19(12-15)28-10-9-27-18)24-22(26)17-11-14-5-3-4-6-16(14)21(25)23-17/h3-8,11-13,20H,9-10H2,1-2H3,(H,23,25)(H,24,26). The van der Waals surface area contributed by atoms with E-state index in [0.717, 1.165) is 10.9 Å². The Morgan fingerprint density at radius 1 is 1.04 bits per heavy atom. The molecule has 2 aromatic carbocycles. The smallest absolute Gasteiger partial charge is 0.268 e. The third-order valence-electron chi connectivity index (χ3n) is 4.88. The minimum atomic E-state index is -0.323. The van der Waals surface area contributed by atoms with Crippen LogP contribution in [0.25, 0.3) is 10.8 Å². The topological polar surface area (TPSA) is 80.4 Å². The zero-order valence-electron chi connectivity index (χ0n) is 15.8. The van der Waals surface area contributed by atoms with Crippen LogP contribution >= 0.6 is 0 Å². The summed E-state index contributed by atoms with van der Waals surface area (Å²) in [7, 11) is 0. The van der Waals surface area contributed by atoms with Crippen molar-refractivity contribution >= 4 is 16.7 Å². The van der Waals surface area contributed by atoms with Crippen LogP contribution in [0.3, 0.4) is 0 Å². The van der Waals surface area contributed by atoms with Crippen molar-refractivity contribution in [3.8, 4) is 11.5 Å². The van der Waals surface area contributed by atoms with Gasteiger partial charge in [-0.1, -0.05) is 38.1 Å². The van der Waals surface area contributed by atoms with Gasteiger partial charge in [0.1, 0.15) is 18.9 Å². The molecule has 1 aliphatic rings. The van der Waals surface area contributed by atoms with E-state index < -0.39 is 0 Å². The van der Waals surface area contributed by atoms with Gasteiger partial charge in [-0.05, 0) is 41.1 Å². The normalized spacial score (nSPS) is 14.1. The zero-order chi connectivity index (χ0) is 19.7. The van der Waals surface area contributed by atoms with Crippen LogP contribution in [0.1, 0.15) is 35.9 Å². The lowest BCUT2D eigenvalue weighted by atomic mass is 9.95. The summed E-state index contributed by atoms with van der Waals surface area (Å²) in [6.45, 7) is 5.11. The molecular weight excluding hydrogens is 356 g/mol. The van der Waals surface area contributed by atoms with Gasteiger partial charge in [0.05, 0.1) is 6.04 Å². The lowest BCUT2D eigenvalue weighted by Gasteiger charge is -2.25. The maximum absolute atomic E-state index is 12.9. The number of rotatable bonds is 4. The predicted molar refractivity (Wildman–Crippen MR) is 107 cm³/mol. The van der Waals surface area contributed by atoms with E-state index in [1.54, 1.807) is 18.2 Å². The Labute approximate surface area is 162 Å². The molecule has 1 amide bonds. The molecule has 144 valence electrons. The Bertz CT molecular complexity index is 1090. The molecule has 3 aromatic rings. The van der Waals surface area contributed by atoms with Crippen LogP contribution in [0, 0.1) is 5.92 Å². The Morgan fingerprint density at radius 3 is 2.57 bits per heavy atom. The summed E-state index contributed by atoms with van der Waals surface area (Å²) in [5, 5.41) is 4.34. The van der Waals surface area contributed by atoms with Crippen LogP contribution in [-0.2, 0) is 0 Å². The van der Waals surface area contributed by atoms with E-state index >= 15 is 0 Å². The van der Waals surface area contributed by atoms with Gasteiger partial charge in [-0.2, -0.15) is 0 Å². The van der Waals surface area contributed by atoms with E-state index in [0.29, 0.717) is 30.1 Å². The Morgan fingerprint density at radius 2 is 1.79 bits per heavy atom. The van der Waals surface area contributed by atoms with Crippen LogP contribution < -0.4 is 20.3 Å². The monoisotopic (exact) mass is 378 g/mol. The van der Waals surface area contributed by atoms with Gasteiger partial charge < -0.3 is 19.8 Å². The maximum Gasteiger partial charge on any atom is 0.268 e. The van der Waals surface area contributed by atoms with Crippen LogP contribution in [0.4, 0.5) is 0 Å². The van der Waals surface area contributed by atoms with Crippen LogP contribution in [0.15, 0.2) is 53.3 Å². The number of pyridine rings is 1.